The molecular weight excluding hydrogens is 346 g/mol. The van der Waals surface area contributed by atoms with Crippen LogP contribution in [0.25, 0.3) is 0 Å². The van der Waals surface area contributed by atoms with Gasteiger partial charge in [-0.25, -0.2) is 13.2 Å². The molecule has 0 aliphatic carbocycles. The summed E-state index contributed by atoms with van der Waals surface area (Å²) in [5.74, 6) is -0.575. The van der Waals surface area contributed by atoms with Crippen molar-refractivity contribution in [2.75, 3.05) is 11.8 Å². The molecule has 0 aliphatic rings. The second kappa shape index (κ2) is 6.94. The van der Waals surface area contributed by atoms with Gasteiger partial charge < -0.3 is 4.74 Å². The Morgan fingerprint density at radius 1 is 1.21 bits per heavy atom. The van der Waals surface area contributed by atoms with E-state index in [-0.39, 0.29) is 21.6 Å². The van der Waals surface area contributed by atoms with Crippen LogP contribution in [0.2, 0.25) is 0 Å². The van der Waals surface area contributed by atoms with Crippen molar-refractivity contribution in [3.05, 3.63) is 46.2 Å². The maximum Gasteiger partial charge on any atom is 0.340 e. The zero-order valence-corrected chi connectivity index (χ0v) is 15.8. The van der Waals surface area contributed by atoms with Gasteiger partial charge in [0.1, 0.15) is 0 Å². The minimum atomic E-state index is -3.77. The molecule has 1 aromatic carbocycles. The molecule has 1 aromatic heterocycles. The molecule has 0 amide bonds. The highest BCUT2D eigenvalue weighted by molar-refractivity contribution is 7.92. The smallest absolute Gasteiger partial charge is 0.340 e. The molecular formula is C17H21NO4S2. The van der Waals surface area contributed by atoms with Gasteiger partial charge in [0.05, 0.1) is 23.3 Å². The van der Waals surface area contributed by atoms with Gasteiger partial charge >= 0.3 is 5.97 Å². The molecule has 0 saturated carbocycles. The molecule has 1 heterocycles. The number of ether oxygens (including phenoxy) is 1. The van der Waals surface area contributed by atoms with Crippen molar-refractivity contribution in [2.45, 2.75) is 37.5 Å². The molecule has 0 fully saturated rings. The second-order valence-corrected chi connectivity index (χ2v) is 8.48. The van der Waals surface area contributed by atoms with Gasteiger partial charge in [-0.1, -0.05) is 32.9 Å². The summed E-state index contributed by atoms with van der Waals surface area (Å²) in [7, 11) is -2.51. The highest BCUT2D eigenvalue weighted by Gasteiger charge is 2.22. The van der Waals surface area contributed by atoms with Crippen molar-refractivity contribution in [2.24, 2.45) is 0 Å². The number of esters is 1. The molecule has 0 unspecified atom stereocenters. The van der Waals surface area contributed by atoms with E-state index in [2.05, 4.69) is 30.2 Å². The van der Waals surface area contributed by atoms with Crippen LogP contribution in [0.3, 0.4) is 0 Å². The van der Waals surface area contributed by atoms with Gasteiger partial charge in [-0.05, 0) is 29.5 Å². The molecule has 130 valence electrons. The Morgan fingerprint density at radius 2 is 1.83 bits per heavy atom. The fourth-order valence-corrected chi connectivity index (χ4v) is 4.03. The molecule has 1 N–H and O–H groups in total. The third-order valence-electron chi connectivity index (χ3n) is 4.14. The normalized spacial score (nSPS) is 12.0. The summed E-state index contributed by atoms with van der Waals surface area (Å²) in [6.45, 7) is 6.32. The van der Waals surface area contributed by atoms with Gasteiger partial charge in [-0.2, -0.15) is 0 Å². The van der Waals surface area contributed by atoms with Crippen molar-refractivity contribution in [1.82, 2.24) is 0 Å². The Balaban J connectivity index is 2.29. The summed E-state index contributed by atoms with van der Waals surface area (Å²) in [5, 5.41) is 3.12. The summed E-state index contributed by atoms with van der Waals surface area (Å²) in [4.78, 5) is 11.8. The van der Waals surface area contributed by atoms with E-state index in [1.807, 2.05) is 12.1 Å². The van der Waals surface area contributed by atoms with Crippen LogP contribution in [-0.4, -0.2) is 21.5 Å². The summed E-state index contributed by atoms with van der Waals surface area (Å²) < 4.78 is 32.2. The highest BCUT2D eigenvalue weighted by Crippen LogP contribution is 2.29. The SMILES string of the molecule is CCC(C)(C)c1ccc(S(=O)(=O)Nc2cscc2C(=O)OC)cc1. The van der Waals surface area contributed by atoms with Gasteiger partial charge in [-0.3, -0.25) is 4.72 Å². The van der Waals surface area contributed by atoms with Crippen LogP contribution in [0.1, 0.15) is 43.1 Å². The molecule has 0 spiro atoms. The van der Waals surface area contributed by atoms with Crippen LogP contribution in [0.5, 0.6) is 0 Å². The number of nitrogens with one attached hydrogen (secondary N) is 1. The molecule has 5 nitrogen and oxygen atoms in total. The Kier molecular flexibility index (Phi) is 5.35. The van der Waals surface area contributed by atoms with Gasteiger partial charge in [0.15, 0.2) is 0 Å². The Labute approximate surface area is 146 Å². The van der Waals surface area contributed by atoms with Gasteiger partial charge in [0.2, 0.25) is 0 Å². The lowest BCUT2D eigenvalue weighted by Crippen LogP contribution is -2.17. The number of rotatable bonds is 6. The van der Waals surface area contributed by atoms with Gasteiger partial charge in [-0.15, -0.1) is 11.3 Å². The third kappa shape index (κ3) is 3.79. The Hall–Kier alpha value is -1.86. The van der Waals surface area contributed by atoms with Crippen LogP contribution >= 0.6 is 11.3 Å². The maximum atomic E-state index is 12.5. The fourth-order valence-electron chi connectivity index (χ4n) is 2.14. The van der Waals surface area contributed by atoms with E-state index in [0.717, 1.165) is 12.0 Å². The summed E-state index contributed by atoms with van der Waals surface area (Å²) in [5.41, 5.74) is 1.50. The lowest BCUT2D eigenvalue weighted by Gasteiger charge is -2.23. The van der Waals surface area contributed by atoms with Crippen LogP contribution in [0.15, 0.2) is 39.9 Å². The van der Waals surface area contributed by atoms with E-state index < -0.39 is 16.0 Å². The van der Waals surface area contributed by atoms with E-state index in [0.29, 0.717) is 0 Å². The van der Waals surface area contributed by atoms with Gasteiger partial charge in [0, 0.05) is 10.8 Å². The number of carbonyl (C=O) groups is 1. The predicted octanol–water partition coefficient (Wildman–Crippen LogP) is 4.02. The molecule has 2 rings (SSSR count). The first-order valence-corrected chi connectivity index (χ1v) is 9.91. The molecule has 2 aromatic rings. The number of carbonyl (C=O) groups excluding carboxylic acids is 1. The number of hydrogen-bond acceptors (Lipinski definition) is 5. The van der Waals surface area contributed by atoms with E-state index in [4.69, 9.17) is 0 Å². The molecule has 0 aliphatic heterocycles. The lowest BCUT2D eigenvalue weighted by atomic mass is 9.82. The number of hydrogen-bond donors (Lipinski definition) is 1. The second-order valence-electron chi connectivity index (χ2n) is 6.06. The minimum absolute atomic E-state index is 0.0128. The van der Waals surface area contributed by atoms with Crippen molar-refractivity contribution in [3.63, 3.8) is 0 Å². The Bertz CT molecular complexity index is 821. The first kappa shape index (κ1) is 18.5. The monoisotopic (exact) mass is 367 g/mol. The average molecular weight is 367 g/mol. The van der Waals surface area contributed by atoms with Crippen molar-refractivity contribution < 1.29 is 17.9 Å². The quantitative estimate of drug-likeness (QED) is 0.783. The van der Waals surface area contributed by atoms with Crippen molar-refractivity contribution >= 4 is 33.0 Å². The summed E-state index contributed by atoms with van der Waals surface area (Å²) in [6, 6.07) is 6.82. The largest absolute Gasteiger partial charge is 0.465 e. The van der Waals surface area contributed by atoms with Gasteiger partial charge in [0.25, 0.3) is 10.0 Å². The van der Waals surface area contributed by atoms with Crippen LogP contribution in [-0.2, 0) is 20.2 Å². The standard InChI is InChI=1S/C17H21NO4S2/c1-5-17(2,3)12-6-8-13(9-7-12)24(20,21)18-15-11-23-10-14(15)16(19)22-4/h6-11,18H,5H2,1-4H3. The number of methoxy groups -OCH3 is 1. The number of thiophene rings is 1. The molecule has 0 bridgehead atoms. The topological polar surface area (TPSA) is 72.5 Å². The fraction of sp³-hybridized carbons (Fsp3) is 0.353. The molecule has 0 saturated heterocycles. The van der Waals surface area contributed by atoms with E-state index in [1.165, 1.54) is 18.4 Å². The van der Waals surface area contributed by atoms with Crippen molar-refractivity contribution in [1.29, 1.82) is 0 Å². The van der Waals surface area contributed by atoms with Crippen molar-refractivity contribution in [3.8, 4) is 0 Å². The molecule has 7 heteroatoms. The highest BCUT2D eigenvalue weighted by atomic mass is 32.2. The number of anilines is 1. The zero-order valence-electron chi connectivity index (χ0n) is 14.1. The number of benzene rings is 1. The lowest BCUT2D eigenvalue weighted by molar-refractivity contribution is 0.0602. The van der Waals surface area contributed by atoms with E-state index in [1.54, 1.807) is 22.9 Å². The van der Waals surface area contributed by atoms with Crippen LogP contribution in [0, 0.1) is 0 Å². The van der Waals surface area contributed by atoms with Crippen LogP contribution in [0.4, 0.5) is 5.69 Å². The molecule has 24 heavy (non-hydrogen) atoms. The van der Waals surface area contributed by atoms with E-state index >= 15 is 0 Å². The predicted molar refractivity (Wildman–Crippen MR) is 96.2 cm³/mol. The van der Waals surface area contributed by atoms with E-state index in [9.17, 15) is 13.2 Å². The average Bonchev–Trinajstić information content (AvgIpc) is 3.01. The maximum absolute atomic E-state index is 12.5. The summed E-state index contributed by atoms with van der Waals surface area (Å²) in [6.07, 6.45) is 0.953. The first-order valence-electron chi connectivity index (χ1n) is 7.49. The summed E-state index contributed by atoms with van der Waals surface area (Å²) >= 11 is 1.23. The first-order chi connectivity index (χ1) is 11.2. The molecule has 0 radical (unpaired) electrons. The van der Waals surface area contributed by atoms with Crippen LogP contribution < -0.4 is 4.72 Å². The third-order valence-corrected chi connectivity index (χ3v) is 6.27. The minimum Gasteiger partial charge on any atom is -0.465 e. The number of sulfonamides is 1. The Morgan fingerprint density at radius 3 is 2.38 bits per heavy atom. The zero-order chi connectivity index (χ0) is 18.0. The molecule has 0 atom stereocenters.